The van der Waals surface area contributed by atoms with E-state index in [2.05, 4.69) is 5.32 Å². The number of likely N-dealkylation sites (N-methyl/N-ethyl adjacent to an activating group) is 1. The van der Waals surface area contributed by atoms with Gasteiger partial charge in [0.1, 0.15) is 5.75 Å². The summed E-state index contributed by atoms with van der Waals surface area (Å²) in [7, 11) is 1.77. The maximum atomic E-state index is 12.9. The van der Waals surface area contributed by atoms with Crippen LogP contribution in [-0.4, -0.2) is 77.7 Å². The standard InChI is InChI=1S/C20H31N3O4/c1-20(2,3)15-11-14(5-6-17(15)24)12-16(21-4)19(27)23-9-7-22(8-10-23)13-18(25)26/h5-6,11,16,21,24H,7-10,12-13H2,1-4H3,(H,25,26)/t16-/m0/s1. The quantitative estimate of drug-likeness (QED) is 0.686. The van der Waals surface area contributed by atoms with Gasteiger partial charge in [0.2, 0.25) is 5.91 Å². The van der Waals surface area contributed by atoms with Crippen LogP contribution in [0.3, 0.4) is 0 Å². The zero-order valence-corrected chi connectivity index (χ0v) is 16.7. The van der Waals surface area contributed by atoms with E-state index in [0.29, 0.717) is 32.6 Å². The molecule has 0 aliphatic carbocycles. The van der Waals surface area contributed by atoms with Crippen molar-refractivity contribution in [3.8, 4) is 5.75 Å². The number of carbonyl (C=O) groups excluding carboxylic acids is 1. The number of hydrogen-bond donors (Lipinski definition) is 3. The Morgan fingerprint density at radius 2 is 1.81 bits per heavy atom. The smallest absolute Gasteiger partial charge is 0.317 e. The third-order valence-corrected chi connectivity index (χ3v) is 5.00. The highest BCUT2D eigenvalue weighted by molar-refractivity contribution is 5.82. The van der Waals surface area contributed by atoms with Crippen LogP contribution in [0.25, 0.3) is 0 Å². The molecule has 0 aromatic heterocycles. The molecule has 3 N–H and O–H groups in total. The van der Waals surface area contributed by atoms with E-state index in [4.69, 9.17) is 5.11 Å². The molecule has 150 valence electrons. The number of carboxylic acid groups (broad SMARTS) is 1. The first-order valence-corrected chi connectivity index (χ1v) is 9.34. The third kappa shape index (κ3) is 5.68. The second-order valence-corrected chi connectivity index (χ2v) is 8.14. The minimum absolute atomic E-state index is 0.0145. The van der Waals surface area contributed by atoms with Crippen molar-refractivity contribution in [2.24, 2.45) is 0 Å². The van der Waals surface area contributed by atoms with E-state index in [0.717, 1.165) is 11.1 Å². The van der Waals surface area contributed by atoms with Crippen molar-refractivity contribution in [1.29, 1.82) is 0 Å². The van der Waals surface area contributed by atoms with Crippen molar-refractivity contribution < 1.29 is 19.8 Å². The Kier molecular flexibility index (Phi) is 6.84. The van der Waals surface area contributed by atoms with Gasteiger partial charge in [0, 0.05) is 26.2 Å². The van der Waals surface area contributed by atoms with Crippen LogP contribution in [0.5, 0.6) is 5.75 Å². The molecule has 0 spiro atoms. The Labute approximate surface area is 161 Å². The van der Waals surface area contributed by atoms with E-state index in [-0.39, 0.29) is 29.7 Å². The van der Waals surface area contributed by atoms with Gasteiger partial charge in [0.25, 0.3) is 0 Å². The van der Waals surface area contributed by atoms with Gasteiger partial charge in [-0.2, -0.15) is 0 Å². The fourth-order valence-corrected chi connectivity index (χ4v) is 3.40. The number of piperazine rings is 1. The summed E-state index contributed by atoms with van der Waals surface area (Å²) in [6, 6.07) is 5.16. The number of nitrogens with one attached hydrogen (secondary N) is 1. The number of aromatic hydroxyl groups is 1. The van der Waals surface area contributed by atoms with Crippen molar-refractivity contribution >= 4 is 11.9 Å². The highest BCUT2D eigenvalue weighted by Gasteiger charge is 2.28. The molecule has 1 saturated heterocycles. The number of rotatable bonds is 6. The molecule has 0 saturated carbocycles. The van der Waals surface area contributed by atoms with Gasteiger partial charge in [-0.3, -0.25) is 14.5 Å². The average molecular weight is 377 g/mol. The maximum absolute atomic E-state index is 12.9. The van der Waals surface area contributed by atoms with E-state index in [1.807, 2.05) is 37.8 Å². The Morgan fingerprint density at radius 3 is 2.33 bits per heavy atom. The SMILES string of the molecule is CN[C@@H](Cc1ccc(O)c(C(C)(C)C)c1)C(=O)N1CCN(CC(=O)O)CC1. The van der Waals surface area contributed by atoms with Crippen LogP contribution in [0, 0.1) is 0 Å². The van der Waals surface area contributed by atoms with E-state index in [1.165, 1.54) is 0 Å². The number of nitrogens with zero attached hydrogens (tertiary/aromatic N) is 2. The molecule has 0 unspecified atom stereocenters. The molecule has 1 aromatic carbocycles. The van der Waals surface area contributed by atoms with Gasteiger partial charge < -0.3 is 20.4 Å². The molecule has 1 heterocycles. The molecule has 1 fully saturated rings. The van der Waals surface area contributed by atoms with E-state index in [9.17, 15) is 14.7 Å². The number of aliphatic carboxylic acids is 1. The number of hydrogen-bond acceptors (Lipinski definition) is 5. The second kappa shape index (κ2) is 8.71. The summed E-state index contributed by atoms with van der Waals surface area (Å²) in [5, 5.41) is 22.1. The van der Waals surface area contributed by atoms with E-state index in [1.54, 1.807) is 18.0 Å². The molecule has 1 aliphatic rings. The van der Waals surface area contributed by atoms with Gasteiger partial charge in [0.05, 0.1) is 12.6 Å². The topological polar surface area (TPSA) is 93.1 Å². The highest BCUT2D eigenvalue weighted by Crippen LogP contribution is 2.31. The van der Waals surface area contributed by atoms with Crippen molar-refractivity contribution in [2.75, 3.05) is 39.8 Å². The molecular weight excluding hydrogens is 346 g/mol. The molecule has 1 amide bonds. The molecule has 0 bridgehead atoms. The first-order valence-electron chi connectivity index (χ1n) is 9.34. The Balaban J connectivity index is 2.03. The first kappa shape index (κ1) is 21.2. The summed E-state index contributed by atoms with van der Waals surface area (Å²) in [5.74, 6) is -0.546. The van der Waals surface area contributed by atoms with Crippen LogP contribution in [0.1, 0.15) is 31.9 Å². The molecule has 0 radical (unpaired) electrons. The monoisotopic (exact) mass is 377 g/mol. The molecule has 7 nitrogen and oxygen atoms in total. The van der Waals surface area contributed by atoms with Crippen molar-refractivity contribution in [3.05, 3.63) is 29.3 Å². The van der Waals surface area contributed by atoms with Gasteiger partial charge in [-0.25, -0.2) is 0 Å². The number of carbonyl (C=O) groups is 2. The largest absolute Gasteiger partial charge is 0.508 e. The van der Waals surface area contributed by atoms with Crippen LogP contribution >= 0.6 is 0 Å². The molecule has 27 heavy (non-hydrogen) atoms. The molecule has 1 aliphatic heterocycles. The fourth-order valence-electron chi connectivity index (χ4n) is 3.40. The lowest BCUT2D eigenvalue weighted by Crippen LogP contribution is -2.54. The molecular formula is C20H31N3O4. The zero-order chi connectivity index (χ0) is 20.2. The van der Waals surface area contributed by atoms with Crippen LogP contribution in [0.2, 0.25) is 0 Å². The van der Waals surface area contributed by atoms with Gasteiger partial charge in [0.15, 0.2) is 0 Å². The van der Waals surface area contributed by atoms with Crippen molar-refractivity contribution in [3.63, 3.8) is 0 Å². The van der Waals surface area contributed by atoms with Gasteiger partial charge in [-0.1, -0.05) is 32.9 Å². The number of phenols is 1. The summed E-state index contributed by atoms with van der Waals surface area (Å²) >= 11 is 0. The number of amides is 1. The Bertz CT molecular complexity index is 676. The number of carboxylic acids is 1. The van der Waals surface area contributed by atoms with E-state index >= 15 is 0 Å². The molecule has 2 rings (SSSR count). The first-order chi connectivity index (χ1) is 12.6. The minimum Gasteiger partial charge on any atom is -0.508 e. The number of phenolic OH excluding ortho intramolecular Hbond substituents is 1. The van der Waals surface area contributed by atoms with Crippen LogP contribution in [0.4, 0.5) is 0 Å². The maximum Gasteiger partial charge on any atom is 0.317 e. The normalized spacial score (nSPS) is 17.0. The van der Waals surface area contributed by atoms with Crippen LogP contribution < -0.4 is 5.32 Å². The lowest BCUT2D eigenvalue weighted by atomic mass is 9.84. The van der Waals surface area contributed by atoms with Gasteiger partial charge in [-0.15, -0.1) is 0 Å². The van der Waals surface area contributed by atoms with Crippen molar-refractivity contribution in [1.82, 2.24) is 15.1 Å². The average Bonchev–Trinajstić information content (AvgIpc) is 2.59. The molecule has 1 aromatic rings. The van der Waals surface area contributed by atoms with Gasteiger partial charge in [-0.05, 0) is 36.1 Å². The van der Waals surface area contributed by atoms with Crippen LogP contribution in [-0.2, 0) is 21.4 Å². The summed E-state index contributed by atoms with van der Waals surface area (Å²) < 4.78 is 0. The summed E-state index contributed by atoms with van der Waals surface area (Å²) in [5.41, 5.74) is 1.68. The summed E-state index contributed by atoms with van der Waals surface area (Å²) in [6.45, 7) is 8.36. The lowest BCUT2D eigenvalue weighted by molar-refractivity contribution is -0.139. The highest BCUT2D eigenvalue weighted by atomic mass is 16.4. The fraction of sp³-hybridized carbons (Fsp3) is 0.600. The van der Waals surface area contributed by atoms with Gasteiger partial charge >= 0.3 is 5.97 Å². The number of benzene rings is 1. The molecule has 7 heteroatoms. The predicted octanol–water partition coefficient (Wildman–Crippen LogP) is 1.05. The summed E-state index contributed by atoms with van der Waals surface area (Å²) in [4.78, 5) is 27.3. The Hall–Kier alpha value is -2.12. The minimum atomic E-state index is -0.843. The third-order valence-electron chi connectivity index (χ3n) is 5.00. The second-order valence-electron chi connectivity index (χ2n) is 8.14. The lowest BCUT2D eigenvalue weighted by Gasteiger charge is -2.35. The van der Waals surface area contributed by atoms with E-state index < -0.39 is 5.97 Å². The zero-order valence-electron chi connectivity index (χ0n) is 16.7. The Morgan fingerprint density at radius 1 is 1.19 bits per heavy atom. The van der Waals surface area contributed by atoms with Crippen LogP contribution in [0.15, 0.2) is 18.2 Å². The predicted molar refractivity (Wildman–Crippen MR) is 104 cm³/mol. The summed E-state index contributed by atoms with van der Waals surface area (Å²) in [6.07, 6.45) is 0.536. The van der Waals surface area contributed by atoms with Crippen molar-refractivity contribution in [2.45, 2.75) is 38.6 Å². The molecule has 1 atom stereocenters.